The van der Waals surface area contributed by atoms with Crippen molar-refractivity contribution in [1.82, 2.24) is 0 Å². The predicted octanol–water partition coefficient (Wildman–Crippen LogP) is 4.02. The van der Waals surface area contributed by atoms with Gasteiger partial charge in [-0.1, -0.05) is 30.3 Å². The molecule has 2 aromatic rings. The molecule has 110 valence electrons. The van der Waals surface area contributed by atoms with Crippen LogP contribution in [0.4, 0.5) is 0 Å². The molecule has 0 saturated carbocycles. The van der Waals surface area contributed by atoms with Gasteiger partial charge in [-0.05, 0) is 51.8 Å². The summed E-state index contributed by atoms with van der Waals surface area (Å²) in [5, 5.41) is 0. The average molecular weight is 300 g/mol. The predicted molar refractivity (Wildman–Crippen MR) is 90.2 cm³/mol. The number of benzene rings is 1. The summed E-state index contributed by atoms with van der Waals surface area (Å²) in [6, 6.07) is 12.7. The van der Waals surface area contributed by atoms with E-state index in [1.54, 1.807) is 11.3 Å². The molecule has 0 aliphatic carbocycles. The fourth-order valence-electron chi connectivity index (χ4n) is 2.43. The summed E-state index contributed by atoms with van der Waals surface area (Å²) < 4.78 is 13.4. The topological polar surface area (TPSA) is 18.5 Å². The van der Waals surface area contributed by atoms with E-state index in [9.17, 15) is 0 Å². The van der Waals surface area contributed by atoms with Crippen LogP contribution in [0, 0.1) is 6.92 Å². The monoisotopic (exact) mass is 300 g/mol. The summed E-state index contributed by atoms with van der Waals surface area (Å²) in [5.74, 6) is 0. The van der Waals surface area contributed by atoms with E-state index in [0.717, 1.165) is 4.78 Å². The second kappa shape index (κ2) is 4.97. The van der Waals surface area contributed by atoms with Crippen LogP contribution in [0.5, 0.6) is 0 Å². The van der Waals surface area contributed by atoms with Gasteiger partial charge in [0.15, 0.2) is 0 Å². The van der Waals surface area contributed by atoms with Crippen LogP contribution in [0.25, 0.3) is 10.4 Å². The molecule has 4 heteroatoms. The minimum Gasteiger partial charge on any atom is -0.399 e. The van der Waals surface area contributed by atoms with E-state index < -0.39 is 0 Å². The highest BCUT2D eigenvalue weighted by molar-refractivity contribution is 7.25. The summed E-state index contributed by atoms with van der Waals surface area (Å²) in [5.41, 5.74) is 2.00. The van der Waals surface area contributed by atoms with Crippen molar-refractivity contribution in [2.24, 2.45) is 0 Å². The summed E-state index contributed by atoms with van der Waals surface area (Å²) in [6.45, 7) is 10.5. The Bertz CT molecular complexity index is 644. The highest BCUT2D eigenvalue weighted by atomic mass is 32.1. The minimum absolute atomic E-state index is 0.266. The number of thiophene rings is 1. The van der Waals surface area contributed by atoms with Crippen molar-refractivity contribution in [3.8, 4) is 10.4 Å². The molecular weight excluding hydrogens is 279 g/mol. The van der Waals surface area contributed by atoms with E-state index in [2.05, 4.69) is 71.0 Å². The molecule has 0 N–H and O–H groups in total. The molecule has 2 heterocycles. The standard InChI is InChI=1S/C17H21BO2S/c1-12-8-6-7-9-13(12)14-10-11-15(21-14)18-19-16(2,3)17(4,5)20-18/h6-11H,1-5H3. The van der Waals surface area contributed by atoms with E-state index in [1.807, 2.05) is 0 Å². The van der Waals surface area contributed by atoms with Gasteiger partial charge in [-0.2, -0.15) is 0 Å². The van der Waals surface area contributed by atoms with Gasteiger partial charge in [0.25, 0.3) is 0 Å². The zero-order valence-electron chi connectivity index (χ0n) is 13.3. The second-order valence-corrected chi connectivity index (χ2v) is 7.72. The van der Waals surface area contributed by atoms with Gasteiger partial charge in [0, 0.05) is 9.65 Å². The molecule has 0 spiro atoms. The van der Waals surface area contributed by atoms with E-state index in [0.29, 0.717) is 0 Å². The Morgan fingerprint density at radius 3 is 2.14 bits per heavy atom. The zero-order chi connectivity index (χ0) is 15.3. The van der Waals surface area contributed by atoms with Gasteiger partial charge in [-0.25, -0.2) is 0 Å². The molecule has 2 nitrogen and oxygen atoms in total. The van der Waals surface area contributed by atoms with Crippen molar-refractivity contribution < 1.29 is 9.31 Å². The summed E-state index contributed by atoms with van der Waals surface area (Å²) >= 11 is 1.75. The van der Waals surface area contributed by atoms with Crippen LogP contribution >= 0.6 is 11.3 Å². The molecule has 21 heavy (non-hydrogen) atoms. The van der Waals surface area contributed by atoms with Crippen LogP contribution in [0.15, 0.2) is 36.4 Å². The van der Waals surface area contributed by atoms with Crippen molar-refractivity contribution in [1.29, 1.82) is 0 Å². The smallest absolute Gasteiger partial charge is 0.399 e. The van der Waals surface area contributed by atoms with Gasteiger partial charge in [0.05, 0.1) is 11.2 Å². The third kappa shape index (κ3) is 2.56. The van der Waals surface area contributed by atoms with Gasteiger partial charge in [0.2, 0.25) is 0 Å². The van der Waals surface area contributed by atoms with Crippen LogP contribution in [-0.4, -0.2) is 18.3 Å². The van der Waals surface area contributed by atoms with Crippen LogP contribution < -0.4 is 4.78 Å². The molecule has 0 radical (unpaired) electrons. The van der Waals surface area contributed by atoms with E-state index in [1.165, 1.54) is 16.0 Å². The fourth-order valence-corrected chi connectivity index (χ4v) is 3.49. The lowest BCUT2D eigenvalue weighted by Gasteiger charge is -2.32. The first-order valence-corrected chi connectivity index (χ1v) is 8.13. The molecule has 3 rings (SSSR count). The Hall–Kier alpha value is -1.10. The van der Waals surface area contributed by atoms with Gasteiger partial charge >= 0.3 is 7.12 Å². The molecule has 1 aromatic heterocycles. The maximum Gasteiger partial charge on any atom is 0.505 e. The van der Waals surface area contributed by atoms with Gasteiger partial charge in [0.1, 0.15) is 0 Å². The highest BCUT2D eigenvalue weighted by Crippen LogP contribution is 2.37. The molecule has 1 saturated heterocycles. The lowest BCUT2D eigenvalue weighted by molar-refractivity contribution is 0.00578. The third-order valence-corrected chi connectivity index (χ3v) is 5.66. The second-order valence-electron chi connectivity index (χ2n) is 6.61. The van der Waals surface area contributed by atoms with Crippen molar-refractivity contribution in [3.05, 3.63) is 42.0 Å². The number of aryl methyl sites for hydroxylation is 1. The Balaban J connectivity index is 1.89. The molecule has 0 atom stereocenters. The summed E-state index contributed by atoms with van der Waals surface area (Å²) in [6.07, 6.45) is 0. The largest absolute Gasteiger partial charge is 0.505 e. The maximum absolute atomic E-state index is 6.12. The first kappa shape index (κ1) is 14.8. The lowest BCUT2D eigenvalue weighted by Crippen LogP contribution is -2.41. The first-order chi connectivity index (χ1) is 9.80. The van der Waals surface area contributed by atoms with Gasteiger partial charge < -0.3 is 9.31 Å². The van der Waals surface area contributed by atoms with Crippen LogP contribution in [0.1, 0.15) is 33.3 Å². The number of hydrogen-bond acceptors (Lipinski definition) is 3. The van der Waals surface area contributed by atoms with Crippen molar-refractivity contribution in [2.45, 2.75) is 45.8 Å². The third-order valence-electron chi connectivity index (χ3n) is 4.52. The highest BCUT2D eigenvalue weighted by Gasteiger charge is 2.52. The molecular formula is C17H21BO2S. The van der Waals surface area contributed by atoms with Crippen molar-refractivity contribution in [3.63, 3.8) is 0 Å². The molecule has 0 unspecified atom stereocenters. The Morgan fingerprint density at radius 1 is 0.905 bits per heavy atom. The molecule has 0 amide bonds. The summed E-state index contributed by atoms with van der Waals surface area (Å²) in [4.78, 5) is 1.26. The number of rotatable bonds is 2. The van der Waals surface area contributed by atoms with Crippen LogP contribution in [0.3, 0.4) is 0 Å². The van der Waals surface area contributed by atoms with E-state index >= 15 is 0 Å². The minimum atomic E-state index is -0.287. The molecule has 1 aliphatic heterocycles. The SMILES string of the molecule is Cc1ccccc1-c1ccc(B2OC(C)(C)C(C)(C)O2)s1. The van der Waals surface area contributed by atoms with Gasteiger partial charge in [-0.3, -0.25) is 0 Å². The molecule has 1 fully saturated rings. The fraction of sp³-hybridized carbons (Fsp3) is 0.412. The van der Waals surface area contributed by atoms with Crippen LogP contribution in [-0.2, 0) is 9.31 Å². The van der Waals surface area contributed by atoms with Crippen molar-refractivity contribution >= 4 is 23.2 Å². The number of hydrogen-bond donors (Lipinski definition) is 0. The lowest BCUT2D eigenvalue weighted by atomic mass is 9.88. The van der Waals surface area contributed by atoms with E-state index in [4.69, 9.17) is 9.31 Å². The van der Waals surface area contributed by atoms with Gasteiger partial charge in [-0.15, -0.1) is 11.3 Å². The molecule has 0 bridgehead atoms. The van der Waals surface area contributed by atoms with E-state index in [-0.39, 0.29) is 18.3 Å². The van der Waals surface area contributed by atoms with Crippen molar-refractivity contribution in [2.75, 3.05) is 0 Å². The molecule has 1 aliphatic rings. The Labute approximate surface area is 131 Å². The molecule has 1 aromatic carbocycles. The van der Waals surface area contributed by atoms with Crippen LogP contribution in [0.2, 0.25) is 0 Å². The first-order valence-electron chi connectivity index (χ1n) is 7.31. The normalized spacial score (nSPS) is 20.0. The quantitative estimate of drug-likeness (QED) is 0.780. The average Bonchev–Trinajstić information content (AvgIpc) is 2.94. The summed E-state index contributed by atoms with van der Waals surface area (Å²) in [7, 11) is -0.266. The Kier molecular flexibility index (Phi) is 3.51. The Morgan fingerprint density at radius 2 is 1.52 bits per heavy atom. The maximum atomic E-state index is 6.12. The zero-order valence-corrected chi connectivity index (χ0v) is 14.1.